The molecule has 0 radical (unpaired) electrons. The third-order valence-electron chi connectivity index (χ3n) is 3.47. The molecule has 0 aromatic carbocycles. The fourth-order valence-electron chi connectivity index (χ4n) is 2.35. The zero-order valence-electron chi connectivity index (χ0n) is 9.95. The summed E-state index contributed by atoms with van der Waals surface area (Å²) in [4.78, 5) is 13.7. The molecule has 0 spiro atoms. The molecule has 1 saturated carbocycles. The molecule has 1 heterocycles. The van der Waals surface area contributed by atoms with E-state index in [0.29, 0.717) is 6.04 Å². The first-order chi connectivity index (χ1) is 8.29. The molecule has 2 fully saturated rings. The largest absolute Gasteiger partial charge is 0.446 e. The molecule has 0 aromatic rings. The number of hydrogen-bond acceptors (Lipinski definition) is 4. The summed E-state index contributed by atoms with van der Waals surface area (Å²) in [7, 11) is 0. The SMILES string of the molecule is O=C(O[C@H]1CC[C@H](NI)CC1)N1CCNCC1. The molecule has 1 aliphatic carbocycles. The lowest BCUT2D eigenvalue weighted by Gasteiger charge is -2.31. The first-order valence-electron chi connectivity index (χ1n) is 6.32. The normalized spacial score (nSPS) is 30.1. The van der Waals surface area contributed by atoms with Gasteiger partial charge in [-0.2, -0.15) is 0 Å². The molecule has 0 atom stereocenters. The highest BCUT2D eigenvalue weighted by Gasteiger charge is 2.25. The number of ether oxygens (including phenoxy) is 1. The summed E-state index contributed by atoms with van der Waals surface area (Å²) >= 11 is 2.20. The van der Waals surface area contributed by atoms with Crippen LogP contribution in [0.25, 0.3) is 0 Å². The minimum absolute atomic E-state index is 0.124. The van der Waals surface area contributed by atoms with Crippen LogP contribution < -0.4 is 8.85 Å². The maximum Gasteiger partial charge on any atom is 0.410 e. The maximum absolute atomic E-state index is 11.9. The Labute approximate surface area is 116 Å². The number of amides is 1. The monoisotopic (exact) mass is 353 g/mol. The number of carbonyl (C=O) groups excluding carboxylic acids is 1. The van der Waals surface area contributed by atoms with Gasteiger partial charge in [-0.15, -0.1) is 0 Å². The number of halogens is 1. The van der Waals surface area contributed by atoms with Gasteiger partial charge in [-0.05, 0) is 25.7 Å². The average Bonchev–Trinajstić information content (AvgIpc) is 2.40. The lowest BCUT2D eigenvalue weighted by atomic mass is 9.94. The van der Waals surface area contributed by atoms with Gasteiger partial charge in [0.2, 0.25) is 0 Å². The highest BCUT2D eigenvalue weighted by molar-refractivity contribution is 14.1. The summed E-state index contributed by atoms with van der Waals surface area (Å²) < 4.78 is 8.80. The average molecular weight is 353 g/mol. The molecule has 1 saturated heterocycles. The fourth-order valence-corrected chi connectivity index (χ4v) is 2.98. The van der Waals surface area contributed by atoms with Gasteiger partial charge in [0.25, 0.3) is 0 Å². The van der Waals surface area contributed by atoms with Crippen molar-refractivity contribution in [3.8, 4) is 0 Å². The summed E-state index contributed by atoms with van der Waals surface area (Å²) in [6.07, 6.45) is 4.16. The Morgan fingerprint density at radius 3 is 2.47 bits per heavy atom. The summed E-state index contributed by atoms with van der Waals surface area (Å²) in [5.74, 6) is 0. The van der Waals surface area contributed by atoms with Gasteiger partial charge in [0, 0.05) is 55.1 Å². The van der Waals surface area contributed by atoms with Crippen molar-refractivity contribution in [1.82, 2.24) is 13.7 Å². The molecule has 1 aliphatic heterocycles. The molecule has 2 aliphatic rings. The molecule has 17 heavy (non-hydrogen) atoms. The van der Waals surface area contributed by atoms with Crippen LogP contribution in [0.2, 0.25) is 0 Å². The van der Waals surface area contributed by atoms with Gasteiger partial charge in [-0.25, -0.2) is 4.79 Å². The second kappa shape index (κ2) is 6.75. The molecule has 0 bridgehead atoms. The van der Waals surface area contributed by atoms with Gasteiger partial charge in [0.05, 0.1) is 0 Å². The highest BCUT2D eigenvalue weighted by atomic mass is 127. The first kappa shape index (κ1) is 13.4. The molecule has 98 valence electrons. The van der Waals surface area contributed by atoms with Gasteiger partial charge in [-0.1, -0.05) is 0 Å². The van der Waals surface area contributed by atoms with Crippen molar-refractivity contribution in [3.63, 3.8) is 0 Å². The summed E-state index contributed by atoms with van der Waals surface area (Å²) in [6, 6.07) is 0.588. The maximum atomic E-state index is 11.9. The summed E-state index contributed by atoms with van der Waals surface area (Å²) in [5.41, 5.74) is 0. The van der Waals surface area contributed by atoms with E-state index in [1.807, 2.05) is 0 Å². The number of piperazine rings is 1. The summed E-state index contributed by atoms with van der Waals surface area (Å²) in [6.45, 7) is 3.29. The van der Waals surface area contributed by atoms with Crippen LogP contribution in [-0.4, -0.2) is 49.3 Å². The molecule has 6 heteroatoms. The van der Waals surface area contributed by atoms with Gasteiger partial charge in [-0.3, -0.25) is 3.53 Å². The van der Waals surface area contributed by atoms with Gasteiger partial charge >= 0.3 is 6.09 Å². The van der Waals surface area contributed by atoms with Crippen LogP contribution in [0.1, 0.15) is 25.7 Å². The van der Waals surface area contributed by atoms with Crippen molar-refractivity contribution in [3.05, 3.63) is 0 Å². The van der Waals surface area contributed by atoms with E-state index in [-0.39, 0.29) is 12.2 Å². The van der Waals surface area contributed by atoms with Crippen LogP contribution in [0.5, 0.6) is 0 Å². The Morgan fingerprint density at radius 1 is 1.24 bits per heavy atom. The first-order valence-corrected chi connectivity index (χ1v) is 7.40. The molecule has 0 aromatic heterocycles. The van der Waals surface area contributed by atoms with E-state index >= 15 is 0 Å². The van der Waals surface area contributed by atoms with Crippen LogP contribution >= 0.6 is 22.9 Å². The topological polar surface area (TPSA) is 53.6 Å². The van der Waals surface area contributed by atoms with Crippen molar-refractivity contribution in [1.29, 1.82) is 0 Å². The van der Waals surface area contributed by atoms with E-state index in [2.05, 4.69) is 31.7 Å². The van der Waals surface area contributed by atoms with Gasteiger partial charge < -0.3 is 15.0 Å². The molecule has 2 N–H and O–H groups in total. The number of nitrogens with zero attached hydrogens (tertiary/aromatic N) is 1. The summed E-state index contributed by atoms with van der Waals surface area (Å²) in [5, 5.41) is 3.23. The lowest BCUT2D eigenvalue weighted by Crippen LogP contribution is -2.47. The smallest absolute Gasteiger partial charge is 0.410 e. The Kier molecular flexibility index (Phi) is 5.30. The standard InChI is InChI=1S/C11H20IN3O2/c12-14-9-1-3-10(4-2-9)17-11(16)15-7-5-13-6-8-15/h9-10,13-14H,1-8H2/t9-,10-. The second-order valence-corrected chi connectivity index (χ2v) is 5.33. The quantitative estimate of drug-likeness (QED) is 0.580. The van der Waals surface area contributed by atoms with Crippen molar-refractivity contribution in [2.24, 2.45) is 0 Å². The van der Waals surface area contributed by atoms with Crippen LogP contribution in [0, 0.1) is 0 Å². The van der Waals surface area contributed by atoms with E-state index < -0.39 is 0 Å². The Hall–Kier alpha value is -0.0800. The van der Waals surface area contributed by atoms with Gasteiger partial charge in [0.1, 0.15) is 6.10 Å². The van der Waals surface area contributed by atoms with E-state index in [9.17, 15) is 4.79 Å². The molecule has 1 amide bonds. The predicted octanol–water partition coefficient (Wildman–Crippen LogP) is 1.28. The van der Waals surface area contributed by atoms with E-state index in [1.165, 1.54) is 0 Å². The predicted molar refractivity (Wildman–Crippen MR) is 74.1 cm³/mol. The Morgan fingerprint density at radius 2 is 1.88 bits per heavy atom. The minimum Gasteiger partial charge on any atom is -0.446 e. The van der Waals surface area contributed by atoms with Crippen LogP contribution in [0.15, 0.2) is 0 Å². The van der Waals surface area contributed by atoms with Crippen molar-refractivity contribution in [2.75, 3.05) is 26.2 Å². The third kappa shape index (κ3) is 3.96. The van der Waals surface area contributed by atoms with Gasteiger partial charge in [0.15, 0.2) is 0 Å². The van der Waals surface area contributed by atoms with E-state index in [1.54, 1.807) is 4.90 Å². The van der Waals surface area contributed by atoms with E-state index in [0.717, 1.165) is 51.9 Å². The van der Waals surface area contributed by atoms with Crippen molar-refractivity contribution >= 4 is 29.0 Å². The second-order valence-electron chi connectivity index (χ2n) is 4.70. The van der Waals surface area contributed by atoms with Crippen LogP contribution in [0.3, 0.4) is 0 Å². The molecule has 0 unspecified atom stereocenters. The number of nitrogens with one attached hydrogen (secondary N) is 2. The Bertz CT molecular complexity index is 251. The van der Waals surface area contributed by atoms with Crippen LogP contribution in [-0.2, 0) is 4.74 Å². The zero-order chi connectivity index (χ0) is 12.1. The molecular formula is C11H20IN3O2. The number of rotatable bonds is 2. The van der Waals surface area contributed by atoms with Crippen LogP contribution in [0.4, 0.5) is 4.79 Å². The minimum atomic E-state index is -0.127. The fraction of sp³-hybridized carbons (Fsp3) is 0.909. The molecular weight excluding hydrogens is 333 g/mol. The van der Waals surface area contributed by atoms with Crippen molar-refractivity contribution in [2.45, 2.75) is 37.8 Å². The highest BCUT2D eigenvalue weighted by Crippen LogP contribution is 2.22. The molecule has 5 nitrogen and oxygen atoms in total. The third-order valence-corrected chi connectivity index (χ3v) is 4.35. The van der Waals surface area contributed by atoms with Crippen molar-refractivity contribution < 1.29 is 9.53 Å². The number of hydrogen-bond donors (Lipinski definition) is 2. The number of carbonyl (C=O) groups is 1. The lowest BCUT2D eigenvalue weighted by molar-refractivity contribution is 0.0404. The van der Waals surface area contributed by atoms with E-state index in [4.69, 9.17) is 4.74 Å². The zero-order valence-corrected chi connectivity index (χ0v) is 12.1. The molecule has 2 rings (SSSR count). The Balaban J connectivity index is 1.71.